The second-order valence-electron chi connectivity index (χ2n) is 7.59. The number of nitrogens with one attached hydrogen (secondary N) is 2. The molecule has 2 N–H and O–H groups in total. The molecule has 0 spiro atoms. The number of aromatic amines is 2. The SMILES string of the molecule is Cc1ccc2c(=O)c(C(=O)N3CCC(c4ccnc5[nH]ccc45)CC3)c[nH]c2n1. The van der Waals surface area contributed by atoms with Crippen LogP contribution in [0.2, 0.25) is 0 Å². The van der Waals surface area contributed by atoms with Gasteiger partial charge in [-0.15, -0.1) is 0 Å². The maximum atomic E-state index is 13.0. The van der Waals surface area contributed by atoms with E-state index in [2.05, 4.69) is 32.1 Å². The van der Waals surface area contributed by atoms with Crippen molar-refractivity contribution in [1.29, 1.82) is 0 Å². The number of carbonyl (C=O) groups excluding carboxylic acids is 1. The molecule has 1 saturated heterocycles. The zero-order valence-electron chi connectivity index (χ0n) is 16.1. The number of H-pyrrole nitrogens is 2. The Bertz CT molecular complexity index is 1280. The molecule has 0 atom stereocenters. The molecule has 0 radical (unpaired) electrons. The summed E-state index contributed by atoms with van der Waals surface area (Å²) in [6.07, 6.45) is 6.96. The Labute approximate surface area is 166 Å². The zero-order valence-corrected chi connectivity index (χ0v) is 16.1. The van der Waals surface area contributed by atoms with Gasteiger partial charge >= 0.3 is 0 Å². The molecule has 0 bridgehead atoms. The fraction of sp³-hybridized carbons (Fsp3) is 0.273. The normalized spacial score (nSPS) is 15.3. The second kappa shape index (κ2) is 6.84. The maximum Gasteiger partial charge on any atom is 0.259 e. The van der Waals surface area contributed by atoms with Gasteiger partial charge in [0.25, 0.3) is 5.91 Å². The van der Waals surface area contributed by atoms with Crippen LogP contribution in [0.15, 0.2) is 47.7 Å². The van der Waals surface area contributed by atoms with Crippen molar-refractivity contribution < 1.29 is 4.79 Å². The van der Waals surface area contributed by atoms with Gasteiger partial charge in [0, 0.05) is 42.8 Å². The third-order valence-corrected chi connectivity index (χ3v) is 5.82. The van der Waals surface area contributed by atoms with Crippen LogP contribution in [-0.2, 0) is 0 Å². The van der Waals surface area contributed by atoms with E-state index in [1.54, 1.807) is 17.0 Å². The van der Waals surface area contributed by atoms with Crippen LogP contribution < -0.4 is 5.43 Å². The Morgan fingerprint density at radius 2 is 1.90 bits per heavy atom. The summed E-state index contributed by atoms with van der Waals surface area (Å²) in [6, 6.07) is 7.64. The molecule has 29 heavy (non-hydrogen) atoms. The maximum absolute atomic E-state index is 13.0. The number of hydrogen-bond donors (Lipinski definition) is 2. The molecule has 5 heterocycles. The monoisotopic (exact) mass is 387 g/mol. The predicted molar refractivity (Wildman–Crippen MR) is 111 cm³/mol. The third kappa shape index (κ3) is 2.99. The van der Waals surface area contributed by atoms with Gasteiger partial charge in [-0.1, -0.05) is 0 Å². The van der Waals surface area contributed by atoms with Gasteiger partial charge in [0.05, 0.1) is 5.39 Å². The largest absolute Gasteiger partial charge is 0.346 e. The van der Waals surface area contributed by atoms with Crippen LogP contribution in [0.4, 0.5) is 0 Å². The number of pyridine rings is 3. The lowest BCUT2D eigenvalue weighted by atomic mass is 9.88. The molecular weight excluding hydrogens is 366 g/mol. The summed E-state index contributed by atoms with van der Waals surface area (Å²) in [5, 5.41) is 1.59. The van der Waals surface area contributed by atoms with Gasteiger partial charge in [-0.3, -0.25) is 9.59 Å². The Hall–Kier alpha value is -3.48. The number of amides is 1. The van der Waals surface area contributed by atoms with E-state index in [1.807, 2.05) is 19.3 Å². The number of nitrogens with zero attached hydrogens (tertiary/aromatic N) is 3. The fourth-order valence-electron chi connectivity index (χ4n) is 4.26. The number of likely N-dealkylation sites (tertiary alicyclic amines) is 1. The van der Waals surface area contributed by atoms with E-state index in [0.29, 0.717) is 30.0 Å². The molecule has 4 aromatic rings. The van der Waals surface area contributed by atoms with Crippen molar-refractivity contribution in [3.05, 3.63) is 69.9 Å². The topological polar surface area (TPSA) is 94.7 Å². The molecular formula is C22H21N5O2. The smallest absolute Gasteiger partial charge is 0.259 e. The highest BCUT2D eigenvalue weighted by molar-refractivity contribution is 5.96. The molecule has 1 aliphatic heterocycles. The Morgan fingerprint density at radius 1 is 1.07 bits per heavy atom. The van der Waals surface area contributed by atoms with Gasteiger partial charge in [0.2, 0.25) is 5.43 Å². The molecule has 146 valence electrons. The summed E-state index contributed by atoms with van der Waals surface area (Å²) < 4.78 is 0. The summed E-state index contributed by atoms with van der Waals surface area (Å²) in [4.78, 5) is 42.4. The molecule has 4 aromatic heterocycles. The first kappa shape index (κ1) is 17.6. The molecule has 0 saturated carbocycles. The highest BCUT2D eigenvalue weighted by Gasteiger charge is 2.27. The standard InChI is InChI=1S/C22H21N5O2/c1-13-2-3-17-19(28)18(12-25-21(17)26-13)22(29)27-10-6-14(7-11-27)15-4-8-23-20-16(15)5-9-24-20/h2-5,8-9,12,14H,6-7,10-11H2,1H3,(H,23,24)(H,25,26,28). The second-order valence-corrected chi connectivity index (χ2v) is 7.59. The van der Waals surface area contributed by atoms with Crippen molar-refractivity contribution >= 4 is 28.0 Å². The van der Waals surface area contributed by atoms with Crippen molar-refractivity contribution in [3.8, 4) is 0 Å². The van der Waals surface area contributed by atoms with E-state index in [4.69, 9.17) is 0 Å². The van der Waals surface area contributed by atoms with E-state index in [9.17, 15) is 9.59 Å². The van der Waals surface area contributed by atoms with Crippen molar-refractivity contribution in [3.63, 3.8) is 0 Å². The molecule has 1 amide bonds. The molecule has 1 aliphatic rings. The number of fused-ring (bicyclic) bond motifs is 2. The van der Waals surface area contributed by atoms with Gasteiger partial charge in [0.1, 0.15) is 16.9 Å². The minimum Gasteiger partial charge on any atom is -0.346 e. The molecule has 1 fully saturated rings. The van der Waals surface area contributed by atoms with Gasteiger partial charge in [0.15, 0.2) is 0 Å². The fourth-order valence-corrected chi connectivity index (χ4v) is 4.26. The van der Waals surface area contributed by atoms with E-state index < -0.39 is 0 Å². The number of carbonyl (C=O) groups is 1. The summed E-state index contributed by atoms with van der Waals surface area (Å²) in [5.74, 6) is 0.163. The van der Waals surface area contributed by atoms with Gasteiger partial charge in [-0.25, -0.2) is 9.97 Å². The average Bonchev–Trinajstić information content (AvgIpc) is 3.22. The molecule has 0 unspecified atom stereocenters. The van der Waals surface area contributed by atoms with Crippen molar-refractivity contribution in [2.45, 2.75) is 25.7 Å². The van der Waals surface area contributed by atoms with E-state index in [0.717, 1.165) is 29.6 Å². The highest BCUT2D eigenvalue weighted by Crippen LogP contribution is 2.32. The van der Waals surface area contributed by atoms with E-state index >= 15 is 0 Å². The average molecular weight is 387 g/mol. The minimum absolute atomic E-state index is 0.179. The first-order chi connectivity index (χ1) is 14.1. The van der Waals surface area contributed by atoms with Crippen LogP contribution >= 0.6 is 0 Å². The number of aryl methyl sites for hydroxylation is 1. The Kier molecular flexibility index (Phi) is 4.16. The molecule has 7 nitrogen and oxygen atoms in total. The van der Waals surface area contributed by atoms with Gasteiger partial charge < -0.3 is 14.9 Å². The molecule has 0 aliphatic carbocycles. The van der Waals surface area contributed by atoms with Crippen molar-refractivity contribution in [1.82, 2.24) is 24.8 Å². The lowest BCUT2D eigenvalue weighted by Crippen LogP contribution is -2.40. The van der Waals surface area contributed by atoms with Crippen LogP contribution in [-0.4, -0.2) is 43.8 Å². The Morgan fingerprint density at radius 3 is 2.72 bits per heavy atom. The van der Waals surface area contributed by atoms with E-state index in [1.165, 1.54) is 11.8 Å². The van der Waals surface area contributed by atoms with Crippen LogP contribution in [0.1, 0.15) is 40.4 Å². The minimum atomic E-state index is -0.262. The number of hydrogen-bond acceptors (Lipinski definition) is 4. The van der Waals surface area contributed by atoms with Crippen LogP contribution in [0, 0.1) is 6.92 Å². The number of piperidine rings is 1. The third-order valence-electron chi connectivity index (χ3n) is 5.82. The summed E-state index contributed by atoms with van der Waals surface area (Å²) in [5.41, 5.74) is 3.42. The number of aromatic nitrogens is 4. The zero-order chi connectivity index (χ0) is 20.0. The lowest BCUT2D eigenvalue weighted by molar-refractivity contribution is 0.0712. The first-order valence-corrected chi connectivity index (χ1v) is 9.82. The number of rotatable bonds is 2. The summed E-state index contributed by atoms with van der Waals surface area (Å²) >= 11 is 0. The quantitative estimate of drug-likeness (QED) is 0.552. The molecule has 0 aromatic carbocycles. The van der Waals surface area contributed by atoms with Crippen LogP contribution in [0.25, 0.3) is 22.1 Å². The van der Waals surface area contributed by atoms with Gasteiger partial charge in [-0.2, -0.15) is 0 Å². The highest BCUT2D eigenvalue weighted by atomic mass is 16.2. The van der Waals surface area contributed by atoms with Crippen molar-refractivity contribution in [2.75, 3.05) is 13.1 Å². The molecule has 5 rings (SSSR count). The lowest BCUT2D eigenvalue weighted by Gasteiger charge is -2.32. The van der Waals surface area contributed by atoms with Crippen LogP contribution in [0.3, 0.4) is 0 Å². The first-order valence-electron chi connectivity index (χ1n) is 9.82. The van der Waals surface area contributed by atoms with Crippen LogP contribution in [0.5, 0.6) is 0 Å². The molecule has 7 heteroatoms. The van der Waals surface area contributed by atoms with E-state index in [-0.39, 0.29) is 16.9 Å². The van der Waals surface area contributed by atoms with Crippen molar-refractivity contribution in [2.24, 2.45) is 0 Å². The Balaban J connectivity index is 1.37. The predicted octanol–water partition coefficient (Wildman–Crippen LogP) is 3.13. The van der Waals surface area contributed by atoms with Gasteiger partial charge in [-0.05, 0) is 55.5 Å². The summed E-state index contributed by atoms with van der Waals surface area (Å²) in [7, 11) is 0. The summed E-state index contributed by atoms with van der Waals surface area (Å²) in [6.45, 7) is 3.12.